The summed E-state index contributed by atoms with van der Waals surface area (Å²) in [5.41, 5.74) is -0.151. The van der Waals surface area contributed by atoms with Gasteiger partial charge in [0.2, 0.25) is 0 Å². The van der Waals surface area contributed by atoms with E-state index < -0.39 is 17.4 Å². The first-order valence-electron chi connectivity index (χ1n) is 5.98. The van der Waals surface area contributed by atoms with Gasteiger partial charge in [0.05, 0.1) is 5.39 Å². The van der Waals surface area contributed by atoms with Crippen molar-refractivity contribution < 1.29 is 13.6 Å². The van der Waals surface area contributed by atoms with Gasteiger partial charge in [0.15, 0.2) is 5.65 Å². The van der Waals surface area contributed by atoms with E-state index in [9.17, 15) is 13.6 Å². The van der Waals surface area contributed by atoms with Crippen molar-refractivity contribution >= 4 is 22.8 Å². The van der Waals surface area contributed by atoms with Crippen molar-refractivity contribution in [1.82, 2.24) is 20.2 Å². The van der Waals surface area contributed by atoms with Gasteiger partial charge in [-0.25, -0.2) is 4.98 Å². The lowest BCUT2D eigenvalue weighted by atomic mass is 10.1. The fourth-order valence-electron chi connectivity index (χ4n) is 1.82. The number of alkyl halides is 2. The van der Waals surface area contributed by atoms with Crippen molar-refractivity contribution in [3.63, 3.8) is 0 Å². The van der Waals surface area contributed by atoms with E-state index in [0.29, 0.717) is 11.0 Å². The molecule has 21 heavy (non-hydrogen) atoms. The van der Waals surface area contributed by atoms with Crippen LogP contribution >= 0.6 is 0 Å². The lowest BCUT2D eigenvalue weighted by Gasteiger charge is -2.15. The lowest BCUT2D eigenvalue weighted by Crippen LogP contribution is -2.32. The highest BCUT2D eigenvalue weighted by molar-refractivity contribution is 6.01. The zero-order valence-corrected chi connectivity index (χ0v) is 10.5. The van der Waals surface area contributed by atoms with E-state index in [1.54, 1.807) is 12.1 Å². The topological polar surface area (TPSA) is 83.6 Å². The maximum absolute atomic E-state index is 14.0. The van der Waals surface area contributed by atoms with Crippen LogP contribution < -0.4 is 5.32 Å². The third kappa shape index (κ3) is 2.31. The summed E-state index contributed by atoms with van der Waals surface area (Å²) in [6.45, 7) is 0. The second-order valence-corrected chi connectivity index (χ2v) is 4.24. The Balaban J connectivity index is 1.89. The van der Waals surface area contributed by atoms with Gasteiger partial charge in [0, 0.05) is 24.2 Å². The molecule has 0 atom stereocenters. The molecule has 0 fully saturated rings. The van der Waals surface area contributed by atoms with E-state index in [2.05, 4.69) is 25.5 Å². The molecule has 3 heterocycles. The molecule has 3 aromatic heterocycles. The average Bonchev–Trinajstić information content (AvgIpc) is 2.91. The summed E-state index contributed by atoms with van der Waals surface area (Å²) in [5, 5.41) is 8.87. The van der Waals surface area contributed by atoms with Crippen molar-refractivity contribution in [1.29, 1.82) is 0 Å². The highest BCUT2D eigenvalue weighted by atomic mass is 19.3. The normalized spacial score (nSPS) is 11.5. The monoisotopic (exact) mass is 289 g/mol. The predicted molar refractivity (Wildman–Crippen MR) is 70.6 cm³/mol. The molecule has 0 aliphatic carbocycles. The van der Waals surface area contributed by atoms with Gasteiger partial charge in [-0.15, -0.1) is 0 Å². The lowest BCUT2D eigenvalue weighted by molar-refractivity contribution is -0.141. The summed E-state index contributed by atoms with van der Waals surface area (Å²) < 4.78 is 28.1. The number of carbonyl (C=O) groups excluding carboxylic acids is 1. The Kier molecular flexibility index (Phi) is 3.05. The van der Waals surface area contributed by atoms with E-state index in [-0.39, 0.29) is 5.82 Å². The molecule has 0 unspecified atom stereocenters. The molecule has 0 aliphatic heterocycles. The molecule has 0 spiro atoms. The van der Waals surface area contributed by atoms with Crippen LogP contribution in [0.1, 0.15) is 5.56 Å². The highest BCUT2D eigenvalue weighted by Crippen LogP contribution is 2.29. The molecule has 0 radical (unpaired) electrons. The number of rotatable bonds is 3. The fraction of sp³-hybridized carbons (Fsp3) is 0.0769. The van der Waals surface area contributed by atoms with Crippen LogP contribution in [0.15, 0.2) is 42.9 Å². The van der Waals surface area contributed by atoms with E-state index in [1.807, 2.05) is 0 Å². The van der Waals surface area contributed by atoms with Gasteiger partial charge in [-0.3, -0.25) is 14.9 Å². The summed E-state index contributed by atoms with van der Waals surface area (Å²) in [5.74, 6) is -5.09. The number of H-pyrrole nitrogens is 1. The molecule has 106 valence electrons. The fourth-order valence-corrected chi connectivity index (χ4v) is 1.82. The number of halogens is 2. The average molecular weight is 289 g/mol. The van der Waals surface area contributed by atoms with Gasteiger partial charge in [0.25, 0.3) is 0 Å². The summed E-state index contributed by atoms with van der Waals surface area (Å²) in [4.78, 5) is 19.3. The summed E-state index contributed by atoms with van der Waals surface area (Å²) in [7, 11) is 0. The SMILES string of the molecule is O=C(Nc1[nH]nc2ncccc12)C(F)(F)c1cccnc1. The Morgan fingerprint density at radius 1 is 1.24 bits per heavy atom. The van der Waals surface area contributed by atoms with Crippen molar-refractivity contribution in [2.45, 2.75) is 5.92 Å². The maximum Gasteiger partial charge on any atom is 0.351 e. The summed E-state index contributed by atoms with van der Waals surface area (Å²) in [6, 6.07) is 5.71. The van der Waals surface area contributed by atoms with Crippen LogP contribution in [0.25, 0.3) is 11.0 Å². The molecule has 0 aromatic carbocycles. The number of hydrogen-bond donors (Lipinski definition) is 2. The van der Waals surface area contributed by atoms with Crippen LogP contribution in [0.2, 0.25) is 0 Å². The minimum Gasteiger partial charge on any atom is -0.305 e. The smallest absolute Gasteiger partial charge is 0.305 e. The first kappa shape index (κ1) is 13.1. The predicted octanol–water partition coefficient (Wildman–Crippen LogP) is 2.08. The molecule has 6 nitrogen and oxygen atoms in total. The first-order chi connectivity index (χ1) is 10.1. The van der Waals surface area contributed by atoms with Crippen molar-refractivity contribution in [2.75, 3.05) is 5.32 Å². The number of nitrogens with zero attached hydrogens (tertiary/aromatic N) is 3. The minimum atomic E-state index is -3.70. The molecule has 8 heteroatoms. The number of anilines is 1. The van der Waals surface area contributed by atoms with Gasteiger partial charge in [-0.05, 0) is 24.3 Å². The molecule has 3 aromatic rings. The largest absolute Gasteiger partial charge is 0.351 e. The van der Waals surface area contributed by atoms with Gasteiger partial charge in [-0.2, -0.15) is 13.9 Å². The van der Waals surface area contributed by atoms with Gasteiger partial charge in [0.1, 0.15) is 5.82 Å². The molecular weight excluding hydrogens is 280 g/mol. The van der Waals surface area contributed by atoms with Crippen LogP contribution in [0.5, 0.6) is 0 Å². The quantitative estimate of drug-likeness (QED) is 0.773. The zero-order chi connectivity index (χ0) is 14.9. The second-order valence-electron chi connectivity index (χ2n) is 4.24. The summed E-state index contributed by atoms with van der Waals surface area (Å²) >= 11 is 0. The number of pyridine rings is 2. The Labute approximate surface area is 117 Å². The highest BCUT2D eigenvalue weighted by Gasteiger charge is 2.41. The number of nitrogens with one attached hydrogen (secondary N) is 2. The third-order valence-corrected chi connectivity index (χ3v) is 2.88. The zero-order valence-electron chi connectivity index (χ0n) is 10.5. The van der Waals surface area contributed by atoms with Crippen LogP contribution in [-0.4, -0.2) is 26.1 Å². The second kappa shape index (κ2) is 4.89. The Bertz CT molecular complexity index is 787. The van der Waals surface area contributed by atoms with Crippen molar-refractivity contribution in [2.24, 2.45) is 0 Å². The molecule has 0 bridgehead atoms. The van der Waals surface area contributed by atoms with E-state index in [0.717, 1.165) is 12.3 Å². The Morgan fingerprint density at radius 2 is 2.05 bits per heavy atom. The molecule has 0 saturated carbocycles. The van der Waals surface area contributed by atoms with Crippen LogP contribution in [-0.2, 0) is 10.7 Å². The maximum atomic E-state index is 14.0. The number of fused-ring (bicyclic) bond motifs is 1. The van der Waals surface area contributed by atoms with E-state index >= 15 is 0 Å². The molecule has 3 rings (SSSR count). The van der Waals surface area contributed by atoms with Crippen molar-refractivity contribution in [3.8, 4) is 0 Å². The number of hydrogen-bond acceptors (Lipinski definition) is 4. The van der Waals surface area contributed by atoms with E-state index in [1.165, 1.54) is 18.5 Å². The van der Waals surface area contributed by atoms with Crippen molar-refractivity contribution in [3.05, 3.63) is 48.4 Å². The van der Waals surface area contributed by atoms with Gasteiger partial charge < -0.3 is 5.32 Å². The minimum absolute atomic E-state index is 0.0756. The molecule has 1 amide bonds. The first-order valence-corrected chi connectivity index (χ1v) is 5.98. The van der Waals surface area contributed by atoms with E-state index in [4.69, 9.17) is 0 Å². The third-order valence-electron chi connectivity index (χ3n) is 2.88. The number of aromatic amines is 1. The van der Waals surface area contributed by atoms with Gasteiger partial charge in [-0.1, -0.05) is 0 Å². The number of carbonyl (C=O) groups is 1. The standard InChI is InChI=1S/C13H9F2N5O/c14-13(15,8-3-1-5-16-7-8)12(21)18-11-9-4-2-6-17-10(9)19-20-11/h1-7H,(H2,17,18,19,20,21). The van der Waals surface area contributed by atoms with Crippen LogP contribution in [0, 0.1) is 0 Å². The van der Waals surface area contributed by atoms with Crippen LogP contribution in [0.4, 0.5) is 14.6 Å². The molecule has 0 aliphatic rings. The summed E-state index contributed by atoms with van der Waals surface area (Å²) in [6.07, 6.45) is 3.82. The Hall–Kier alpha value is -2.90. The molecule has 0 saturated heterocycles. The number of aromatic nitrogens is 4. The Morgan fingerprint density at radius 3 is 2.81 bits per heavy atom. The molecule has 2 N–H and O–H groups in total. The number of amides is 1. The van der Waals surface area contributed by atoms with Gasteiger partial charge >= 0.3 is 11.8 Å². The molecular formula is C13H9F2N5O. The van der Waals surface area contributed by atoms with Crippen LogP contribution in [0.3, 0.4) is 0 Å².